The molecule has 0 amide bonds. The number of rotatable bonds is 5. The molecule has 2 rings (SSSR count). The molecular weight excluding hydrogens is 274 g/mol. The minimum atomic E-state index is -3.37. The Kier molecular flexibility index (Phi) is 3.53. The van der Waals surface area contributed by atoms with Gasteiger partial charge in [-0.05, 0) is 11.5 Å². The van der Waals surface area contributed by atoms with Crippen molar-refractivity contribution in [2.24, 2.45) is 0 Å². The third kappa shape index (κ3) is 2.79. The summed E-state index contributed by atoms with van der Waals surface area (Å²) in [5, 5.41) is 3.49. The number of sulfone groups is 1. The van der Waals surface area contributed by atoms with Crippen LogP contribution in [0.3, 0.4) is 0 Å². The highest BCUT2D eigenvalue weighted by atomic mass is 32.2. The molecule has 7 nitrogen and oxygen atoms in total. The van der Waals surface area contributed by atoms with Crippen molar-refractivity contribution in [2.75, 3.05) is 23.9 Å². The number of hydrogen-bond donors (Lipinski definition) is 3. The molecule has 9 heteroatoms. The molecule has 2 heterocycles. The summed E-state index contributed by atoms with van der Waals surface area (Å²) in [6, 6.07) is 0. The molecule has 2 aromatic heterocycles. The third-order valence-corrected chi connectivity index (χ3v) is 4.35. The van der Waals surface area contributed by atoms with Gasteiger partial charge >= 0.3 is 0 Å². The summed E-state index contributed by atoms with van der Waals surface area (Å²) in [6.07, 6.45) is 5.18. The zero-order valence-corrected chi connectivity index (χ0v) is 11.3. The first-order valence-electron chi connectivity index (χ1n) is 5.16. The minimum Gasteiger partial charge on any atom is -0.382 e. The van der Waals surface area contributed by atoms with E-state index in [-0.39, 0.29) is 10.7 Å². The zero-order chi connectivity index (χ0) is 13.2. The van der Waals surface area contributed by atoms with Crippen LogP contribution in [0.25, 0.3) is 0 Å². The van der Waals surface area contributed by atoms with Gasteiger partial charge in [-0.25, -0.2) is 13.4 Å². The average molecular weight is 287 g/mol. The second-order valence-electron chi connectivity index (χ2n) is 3.71. The molecule has 0 aliphatic heterocycles. The quantitative estimate of drug-likeness (QED) is 0.738. The Labute approximate surface area is 109 Å². The summed E-state index contributed by atoms with van der Waals surface area (Å²) >= 11 is 1.04. The van der Waals surface area contributed by atoms with Crippen molar-refractivity contribution in [1.29, 1.82) is 0 Å². The van der Waals surface area contributed by atoms with E-state index in [0.717, 1.165) is 23.6 Å². The molecule has 0 saturated heterocycles. The van der Waals surface area contributed by atoms with E-state index in [2.05, 4.69) is 19.7 Å². The molecule has 0 fully saturated rings. The number of imidazole rings is 1. The number of aromatic nitrogens is 3. The summed E-state index contributed by atoms with van der Waals surface area (Å²) in [5.41, 5.74) is 5.56. The van der Waals surface area contributed by atoms with Crippen LogP contribution in [0.15, 0.2) is 17.3 Å². The first-order chi connectivity index (χ1) is 8.48. The van der Waals surface area contributed by atoms with Crippen molar-refractivity contribution >= 4 is 32.2 Å². The summed E-state index contributed by atoms with van der Waals surface area (Å²) in [7, 11) is -3.37. The Morgan fingerprint density at radius 1 is 1.56 bits per heavy atom. The van der Waals surface area contributed by atoms with E-state index < -0.39 is 9.84 Å². The number of nitrogens with one attached hydrogen (secondary N) is 2. The molecular formula is C9H13N5O2S2. The molecule has 0 aliphatic carbocycles. The zero-order valence-electron chi connectivity index (χ0n) is 9.67. The van der Waals surface area contributed by atoms with Crippen LogP contribution in [0, 0.1) is 0 Å². The van der Waals surface area contributed by atoms with Gasteiger partial charge in [-0.2, -0.15) is 4.37 Å². The largest absolute Gasteiger partial charge is 0.382 e. The lowest BCUT2D eigenvalue weighted by Gasteiger charge is -2.04. The van der Waals surface area contributed by atoms with Crippen LogP contribution in [0.1, 0.15) is 5.82 Å². The molecule has 0 aromatic carbocycles. The Morgan fingerprint density at radius 3 is 2.94 bits per heavy atom. The molecule has 0 unspecified atom stereocenters. The van der Waals surface area contributed by atoms with Crippen LogP contribution in [0.4, 0.5) is 10.8 Å². The number of H-pyrrole nitrogens is 1. The van der Waals surface area contributed by atoms with Gasteiger partial charge in [-0.1, -0.05) is 0 Å². The van der Waals surface area contributed by atoms with E-state index >= 15 is 0 Å². The van der Waals surface area contributed by atoms with Crippen molar-refractivity contribution in [3.63, 3.8) is 0 Å². The molecule has 0 radical (unpaired) electrons. The molecule has 98 valence electrons. The van der Waals surface area contributed by atoms with Gasteiger partial charge in [0.05, 0.1) is 0 Å². The van der Waals surface area contributed by atoms with Gasteiger partial charge in [0.2, 0.25) is 0 Å². The number of nitrogens with zero attached hydrogens (tertiary/aromatic N) is 2. The second-order valence-corrected chi connectivity index (χ2v) is 6.44. The Balaban J connectivity index is 2.06. The first kappa shape index (κ1) is 12.8. The standard InChI is InChI=1S/C9H13N5O2S2/c1-18(15,16)7-8(10)14-17-9(7)13-3-2-6-11-4-5-12-6/h4-5,13H,2-3H2,1H3,(H2,10,14)(H,11,12). The van der Waals surface area contributed by atoms with Crippen molar-refractivity contribution in [1.82, 2.24) is 14.3 Å². The average Bonchev–Trinajstić information content (AvgIpc) is 2.87. The summed E-state index contributed by atoms with van der Waals surface area (Å²) in [6.45, 7) is 0.553. The lowest BCUT2D eigenvalue weighted by molar-refractivity contribution is 0.602. The summed E-state index contributed by atoms with van der Waals surface area (Å²) in [5.74, 6) is 0.879. The van der Waals surface area contributed by atoms with Crippen LogP contribution >= 0.6 is 11.5 Å². The number of hydrogen-bond acceptors (Lipinski definition) is 7. The van der Waals surface area contributed by atoms with Crippen LogP contribution in [0.2, 0.25) is 0 Å². The SMILES string of the molecule is CS(=O)(=O)c1c(N)nsc1NCCc1ncc[nH]1. The number of anilines is 2. The van der Waals surface area contributed by atoms with E-state index in [0.29, 0.717) is 18.0 Å². The van der Waals surface area contributed by atoms with E-state index in [1.165, 1.54) is 0 Å². The maximum atomic E-state index is 11.6. The van der Waals surface area contributed by atoms with Crippen LogP contribution in [-0.4, -0.2) is 35.6 Å². The first-order valence-corrected chi connectivity index (χ1v) is 7.82. The highest BCUT2D eigenvalue weighted by Gasteiger charge is 2.20. The lowest BCUT2D eigenvalue weighted by Crippen LogP contribution is -2.09. The van der Waals surface area contributed by atoms with Gasteiger partial charge in [-0.3, -0.25) is 0 Å². The second kappa shape index (κ2) is 4.94. The van der Waals surface area contributed by atoms with Crippen molar-refractivity contribution in [3.8, 4) is 0 Å². The van der Waals surface area contributed by atoms with Crippen molar-refractivity contribution in [3.05, 3.63) is 18.2 Å². The van der Waals surface area contributed by atoms with Gasteiger partial charge in [0.1, 0.15) is 15.7 Å². The molecule has 0 saturated carbocycles. The van der Waals surface area contributed by atoms with Gasteiger partial charge in [0.25, 0.3) is 0 Å². The summed E-state index contributed by atoms with van der Waals surface area (Å²) in [4.78, 5) is 7.12. The normalized spacial score (nSPS) is 11.6. The van der Waals surface area contributed by atoms with Crippen molar-refractivity contribution < 1.29 is 8.42 Å². The van der Waals surface area contributed by atoms with Gasteiger partial charge < -0.3 is 16.0 Å². The molecule has 2 aromatic rings. The smallest absolute Gasteiger partial charge is 0.182 e. The molecule has 18 heavy (non-hydrogen) atoms. The maximum Gasteiger partial charge on any atom is 0.182 e. The molecule has 0 atom stereocenters. The third-order valence-electron chi connectivity index (χ3n) is 2.25. The molecule has 0 spiro atoms. The van der Waals surface area contributed by atoms with Crippen LogP contribution < -0.4 is 11.1 Å². The molecule has 0 aliphatic rings. The maximum absolute atomic E-state index is 11.6. The topological polar surface area (TPSA) is 114 Å². The Morgan fingerprint density at radius 2 is 2.33 bits per heavy atom. The Hall–Kier alpha value is -1.61. The predicted octanol–water partition coefficient (Wildman–Crippen LogP) is 0.506. The van der Waals surface area contributed by atoms with E-state index in [1.54, 1.807) is 12.4 Å². The number of aromatic amines is 1. The highest BCUT2D eigenvalue weighted by molar-refractivity contribution is 7.91. The summed E-state index contributed by atoms with van der Waals surface area (Å²) < 4.78 is 27.0. The van der Waals surface area contributed by atoms with E-state index in [4.69, 9.17) is 5.73 Å². The van der Waals surface area contributed by atoms with Gasteiger partial charge in [0.15, 0.2) is 15.7 Å². The van der Waals surface area contributed by atoms with Crippen LogP contribution in [-0.2, 0) is 16.3 Å². The minimum absolute atomic E-state index is 0.0444. The number of nitrogens with two attached hydrogens (primary N) is 1. The lowest BCUT2D eigenvalue weighted by atomic mass is 10.4. The monoisotopic (exact) mass is 287 g/mol. The fraction of sp³-hybridized carbons (Fsp3) is 0.333. The van der Waals surface area contributed by atoms with Gasteiger partial charge in [-0.15, -0.1) is 0 Å². The fourth-order valence-corrected chi connectivity index (χ4v) is 3.59. The number of nitrogen functional groups attached to an aromatic ring is 1. The van der Waals surface area contributed by atoms with Gasteiger partial charge in [0, 0.05) is 31.6 Å². The van der Waals surface area contributed by atoms with E-state index in [9.17, 15) is 8.42 Å². The fourth-order valence-electron chi connectivity index (χ4n) is 1.49. The molecule has 0 bridgehead atoms. The molecule has 4 N–H and O–H groups in total. The predicted molar refractivity (Wildman–Crippen MR) is 70.4 cm³/mol. The van der Waals surface area contributed by atoms with Crippen molar-refractivity contribution in [2.45, 2.75) is 11.3 Å². The Bertz CT molecular complexity index is 617. The van der Waals surface area contributed by atoms with E-state index in [1.807, 2.05) is 0 Å². The highest BCUT2D eigenvalue weighted by Crippen LogP contribution is 2.30. The van der Waals surface area contributed by atoms with Crippen LogP contribution in [0.5, 0.6) is 0 Å².